The van der Waals surface area contributed by atoms with E-state index in [0.717, 1.165) is 47.3 Å². The number of azo groups is 1. The average Bonchev–Trinajstić information content (AvgIpc) is 3.19. The molecule has 0 spiro atoms. The van der Waals surface area contributed by atoms with Gasteiger partial charge in [-0.15, -0.1) is 0 Å². The first-order valence-corrected chi connectivity index (χ1v) is 8.32. The molecule has 2 heteroatoms. The molecule has 10 atom stereocenters. The van der Waals surface area contributed by atoms with Crippen LogP contribution in [0, 0.1) is 47.3 Å². The third-order valence-electron chi connectivity index (χ3n) is 8.00. The SMILES string of the molecule is C1C[C@H]2C[C@H]1[C@H]1C3N=NC([C@H]21)[C@H]1[C@H]2CC[C@@H](C2)[C@H]31. The molecule has 7 aliphatic rings. The molecule has 5 fully saturated rings. The van der Waals surface area contributed by atoms with Gasteiger partial charge in [0.1, 0.15) is 0 Å². The topological polar surface area (TPSA) is 24.7 Å². The molecule has 7 rings (SSSR count). The maximum absolute atomic E-state index is 4.85. The lowest BCUT2D eigenvalue weighted by Gasteiger charge is -2.54. The van der Waals surface area contributed by atoms with E-state index in [2.05, 4.69) is 0 Å². The normalized spacial score (nSPS) is 69.8. The fraction of sp³-hybridized carbons (Fsp3) is 1.00. The van der Waals surface area contributed by atoms with E-state index in [4.69, 9.17) is 10.2 Å². The van der Waals surface area contributed by atoms with Crippen molar-refractivity contribution in [3.05, 3.63) is 0 Å². The minimum Gasteiger partial charge on any atom is -0.190 e. The second kappa shape index (κ2) is 2.86. The molecule has 2 aliphatic heterocycles. The molecular formula is C16H22N2. The Balaban J connectivity index is 1.51. The Kier molecular flexibility index (Phi) is 1.51. The molecule has 96 valence electrons. The molecule has 2 nitrogen and oxygen atoms in total. The predicted molar refractivity (Wildman–Crippen MR) is 68.1 cm³/mol. The monoisotopic (exact) mass is 242 g/mol. The molecule has 5 saturated carbocycles. The van der Waals surface area contributed by atoms with E-state index in [1.165, 1.54) is 25.7 Å². The Morgan fingerprint density at radius 2 is 0.833 bits per heavy atom. The van der Waals surface area contributed by atoms with E-state index in [1.54, 1.807) is 12.8 Å². The Bertz CT molecular complexity index is 372. The quantitative estimate of drug-likeness (QED) is 0.621. The summed E-state index contributed by atoms with van der Waals surface area (Å²) in [6, 6.07) is 1.35. The van der Waals surface area contributed by atoms with Crippen LogP contribution in [0.3, 0.4) is 0 Å². The van der Waals surface area contributed by atoms with Crippen LogP contribution in [0.2, 0.25) is 0 Å². The summed E-state index contributed by atoms with van der Waals surface area (Å²) in [5, 5.41) is 9.69. The minimum atomic E-state index is 0.676. The van der Waals surface area contributed by atoms with Gasteiger partial charge in [0.15, 0.2) is 0 Å². The van der Waals surface area contributed by atoms with Gasteiger partial charge in [-0.3, -0.25) is 0 Å². The van der Waals surface area contributed by atoms with E-state index < -0.39 is 0 Å². The lowest BCUT2D eigenvalue weighted by atomic mass is 9.54. The maximum atomic E-state index is 4.85. The van der Waals surface area contributed by atoms with Crippen molar-refractivity contribution in [3.8, 4) is 0 Å². The summed E-state index contributed by atoms with van der Waals surface area (Å²) in [4.78, 5) is 0. The van der Waals surface area contributed by atoms with Crippen LogP contribution in [0.25, 0.3) is 0 Å². The molecule has 0 amide bonds. The molecule has 0 N–H and O–H groups in total. The lowest BCUT2D eigenvalue weighted by Crippen LogP contribution is -2.57. The summed E-state index contributed by atoms with van der Waals surface area (Å²) in [5.41, 5.74) is 0. The zero-order chi connectivity index (χ0) is 11.4. The first kappa shape index (κ1) is 9.50. The Hall–Kier alpha value is -0.400. The van der Waals surface area contributed by atoms with Crippen molar-refractivity contribution in [2.24, 2.45) is 57.6 Å². The number of hydrogen-bond acceptors (Lipinski definition) is 2. The van der Waals surface area contributed by atoms with Gasteiger partial charge < -0.3 is 0 Å². The van der Waals surface area contributed by atoms with Crippen LogP contribution in [0.1, 0.15) is 38.5 Å². The summed E-state index contributed by atoms with van der Waals surface area (Å²) < 4.78 is 0. The van der Waals surface area contributed by atoms with Crippen LogP contribution in [-0.4, -0.2) is 12.1 Å². The Labute approximate surface area is 109 Å². The van der Waals surface area contributed by atoms with Crippen molar-refractivity contribution in [1.29, 1.82) is 0 Å². The molecule has 6 bridgehead atoms. The first-order chi connectivity index (χ1) is 8.92. The molecule has 18 heavy (non-hydrogen) atoms. The standard InChI is InChI=1S/C16H22N2/c1-2-8-5-7(1)11-12(8)16-14-10-4-3-9(6-10)13(14)15(11)17-18-16/h7-16H,1-6H2/t7-,8-,9-,10-,11-,12-,13+,14+,15?,16?/m0/s1. The van der Waals surface area contributed by atoms with Crippen LogP contribution in [-0.2, 0) is 0 Å². The second-order valence-electron chi connectivity index (χ2n) is 8.19. The zero-order valence-corrected chi connectivity index (χ0v) is 10.9. The van der Waals surface area contributed by atoms with Gasteiger partial charge in [0, 0.05) is 0 Å². The fourth-order valence-corrected chi connectivity index (χ4v) is 7.76. The highest BCUT2D eigenvalue weighted by atomic mass is 15.2. The highest BCUT2D eigenvalue weighted by Crippen LogP contribution is 2.69. The summed E-state index contributed by atoms with van der Waals surface area (Å²) in [7, 11) is 0. The Morgan fingerprint density at radius 3 is 1.17 bits per heavy atom. The fourth-order valence-electron chi connectivity index (χ4n) is 7.76. The molecule has 2 unspecified atom stereocenters. The van der Waals surface area contributed by atoms with Crippen LogP contribution < -0.4 is 0 Å². The van der Waals surface area contributed by atoms with Gasteiger partial charge in [-0.2, -0.15) is 10.2 Å². The molecule has 5 aliphatic carbocycles. The van der Waals surface area contributed by atoms with Crippen molar-refractivity contribution < 1.29 is 0 Å². The summed E-state index contributed by atoms with van der Waals surface area (Å²) in [5.74, 6) is 8.11. The predicted octanol–water partition coefficient (Wildman–Crippen LogP) is 3.53. The average molecular weight is 242 g/mol. The molecule has 0 aromatic rings. The van der Waals surface area contributed by atoms with Gasteiger partial charge >= 0.3 is 0 Å². The van der Waals surface area contributed by atoms with Gasteiger partial charge in [-0.05, 0) is 85.9 Å². The van der Waals surface area contributed by atoms with E-state index in [1.807, 2.05) is 0 Å². The number of hydrogen-bond donors (Lipinski definition) is 0. The molecule has 0 aromatic heterocycles. The van der Waals surface area contributed by atoms with Crippen LogP contribution in [0.15, 0.2) is 10.2 Å². The van der Waals surface area contributed by atoms with Crippen LogP contribution in [0.4, 0.5) is 0 Å². The van der Waals surface area contributed by atoms with Crippen molar-refractivity contribution in [1.82, 2.24) is 0 Å². The van der Waals surface area contributed by atoms with Gasteiger partial charge in [-0.1, -0.05) is 0 Å². The van der Waals surface area contributed by atoms with Crippen LogP contribution in [0.5, 0.6) is 0 Å². The maximum Gasteiger partial charge on any atom is 0.0776 e. The van der Waals surface area contributed by atoms with E-state index in [0.29, 0.717) is 12.1 Å². The lowest BCUT2D eigenvalue weighted by molar-refractivity contribution is -0.0297. The van der Waals surface area contributed by atoms with Crippen LogP contribution >= 0.6 is 0 Å². The van der Waals surface area contributed by atoms with E-state index in [-0.39, 0.29) is 0 Å². The highest BCUT2D eigenvalue weighted by molar-refractivity contribution is 5.19. The third kappa shape index (κ3) is 0.849. The van der Waals surface area contributed by atoms with Gasteiger partial charge in [0.05, 0.1) is 12.1 Å². The third-order valence-corrected chi connectivity index (χ3v) is 8.00. The zero-order valence-electron chi connectivity index (χ0n) is 10.9. The summed E-state index contributed by atoms with van der Waals surface area (Å²) in [6.07, 6.45) is 9.18. The highest BCUT2D eigenvalue weighted by Gasteiger charge is 2.67. The summed E-state index contributed by atoms with van der Waals surface area (Å²) >= 11 is 0. The summed E-state index contributed by atoms with van der Waals surface area (Å²) in [6.45, 7) is 0. The molecular weight excluding hydrogens is 220 g/mol. The smallest absolute Gasteiger partial charge is 0.0776 e. The van der Waals surface area contributed by atoms with Crippen molar-refractivity contribution >= 4 is 0 Å². The minimum absolute atomic E-state index is 0.676. The first-order valence-electron chi connectivity index (χ1n) is 8.32. The number of fused-ring (bicyclic) bond motifs is 4. The number of rotatable bonds is 0. The van der Waals surface area contributed by atoms with Gasteiger partial charge in [0.2, 0.25) is 0 Å². The van der Waals surface area contributed by atoms with Crippen molar-refractivity contribution in [3.63, 3.8) is 0 Å². The van der Waals surface area contributed by atoms with Gasteiger partial charge in [0.25, 0.3) is 0 Å². The Morgan fingerprint density at radius 1 is 0.500 bits per heavy atom. The van der Waals surface area contributed by atoms with Gasteiger partial charge in [-0.25, -0.2) is 0 Å². The molecule has 0 radical (unpaired) electrons. The second-order valence-corrected chi connectivity index (χ2v) is 8.19. The molecule has 2 heterocycles. The largest absolute Gasteiger partial charge is 0.190 e. The van der Waals surface area contributed by atoms with Crippen molar-refractivity contribution in [2.45, 2.75) is 50.6 Å². The van der Waals surface area contributed by atoms with E-state index in [9.17, 15) is 0 Å². The van der Waals surface area contributed by atoms with Crippen molar-refractivity contribution in [2.75, 3.05) is 0 Å². The molecule has 0 aromatic carbocycles. The number of nitrogens with zero attached hydrogens (tertiary/aromatic N) is 2. The van der Waals surface area contributed by atoms with E-state index >= 15 is 0 Å². The molecule has 0 saturated heterocycles.